The second-order valence-corrected chi connectivity index (χ2v) is 7.80. The van der Waals surface area contributed by atoms with Crippen LogP contribution in [0.2, 0.25) is 6.32 Å². The lowest BCUT2D eigenvalue weighted by molar-refractivity contribution is 0.00482. The van der Waals surface area contributed by atoms with E-state index in [2.05, 4.69) is 17.1 Å². The van der Waals surface area contributed by atoms with Crippen molar-refractivity contribution in [1.82, 2.24) is 10.2 Å². The molecule has 0 radical (unpaired) electrons. The molecule has 1 atom stereocenters. The molecule has 0 unspecified atom stereocenters. The molecule has 3 rings (SSSR count). The third-order valence-electron chi connectivity index (χ3n) is 5.36. The molecule has 1 aromatic carbocycles. The minimum atomic E-state index is -1.51. The molecule has 148 valence electrons. The average molecular weight is 378 g/mol. The number of carbonyl (C=O) groups is 1. The highest BCUT2D eigenvalue weighted by Gasteiger charge is 2.37. The van der Waals surface area contributed by atoms with Crippen LogP contribution in [0.3, 0.4) is 0 Å². The van der Waals surface area contributed by atoms with Gasteiger partial charge in [0.25, 0.3) is 0 Å². The number of likely N-dealkylation sites (tertiary alicyclic amines) is 1. The molecule has 0 spiro atoms. The number of aryl methyl sites for hydroxylation is 1. The van der Waals surface area contributed by atoms with Crippen LogP contribution in [-0.4, -0.2) is 76.1 Å². The number of nitrogens with one attached hydrogen (secondary N) is 1. The first-order chi connectivity index (χ1) is 12.8. The predicted octanol–water partition coefficient (Wildman–Crippen LogP) is 0.311. The van der Waals surface area contributed by atoms with Crippen molar-refractivity contribution in [2.45, 2.75) is 44.1 Å². The van der Waals surface area contributed by atoms with Gasteiger partial charge in [-0.05, 0) is 50.7 Å². The molecule has 0 bridgehead atoms. The summed E-state index contributed by atoms with van der Waals surface area (Å²) in [6.07, 6.45) is 2.39. The van der Waals surface area contributed by atoms with Crippen LogP contribution in [0.25, 0.3) is 0 Å². The number of benzene rings is 1. The van der Waals surface area contributed by atoms with Crippen molar-refractivity contribution < 1.29 is 29.8 Å². The smallest absolute Gasteiger partial charge is 0.451 e. The summed E-state index contributed by atoms with van der Waals surface area (Å²) in [7, 11) is -1.51. The van der Waals surface area contributed by atoms with Crippen LogP contribution >= 0.6 is 0 Å². The lowest BCUT2D eigenvalue weighted by atomic mass is 9.82. The molecule has 2 aliphatic heterocycles. The van der Waals surface area contributed by atoms with Gasteiger partial charge >= 0.3 is 13.1 Å². The molecule has 8 nitrogen and oxygen atoms in total. The first kappa shape index (κ1) is 19.9. The van der Waals surface area contributed by atoms with E-state index in [4.69, 9.17) is 14.8 Å². The van der Waals surface area contributed by atoms with E-state index in [0.29, 0.717) is 5.56 Å². The van der Waals surface area contributed by atoms with Crippen LogP contribution < -0.4 is 10.1 Å². The van der Waals surface area contributed by atoms with Crippen molar-refractivity contribution in [3.8, 4) is 11.5 Å². The molecule has 27 heavy (non-hydrogen) atoms. The van der Waals surface area contributed by atoms with Crippen LogP contribution in [0.5, 0.6) is 11.5 Å². The molecule has 9 heteroatoms. The summed E-state index contributed by atoms with van der Waals surface area (Å²) in [5.41, 5.74) is 0.208. The molecular formula is C18H27BN2O6. The number of hydrogen-bond donors (Lipinski definition) is 5. The van der Waals surface area contributed by atoms with E-state index in [-0.39, 0.29) is 41.4 Å². The lowest BCUT2D eigenvalue weighted by Crippen LogP contribution is -2.59. The largest absolute Gasteiger partial charge is 0.507 e. The number of aromatic carboxylic acids is 1. The number of aromatic hydroxyl groups is 1. The Hall–Kier alpha value is -1.81. The zero-order valence-corrected chi connectivity index (χ0v) is 15.5. The number of carboxylic acid groups (broad SMARTS) is 1. The summed E-state index contributed by atoms with van der Waals surface area (Å²) in [4.78, 5) is 13.9. The minimum Gasteiger partial charge on any atom is -0.507 e. The zero-order chi connectivity index (χ0) is 19.6. The number of hydrogen-bond acceptors (Lipinski definition) is 7. The van der Waals surface area contributed by atoms with E-state index in [1.807, 2.05) is 0 Å². The van der Waals surface area contributed by atoms with E-state index in [1.165, 1.54) is 12.5 Å². The van der Waals surface area contributed by atoms with Gasteiger partial charge in [-0.1, -0.05) is 6.07 Å². The zero-order valence-electron chi connectivity index (χ0n) is 15.5. The van der Waals surface area contributed by atoms with E-state index < -0.39 is 13.1 Å². The average Bonchev–Trinajstić information content (AvgIpc) is 2.98. The van der Waals surface area contributed by atoms with Gasteiger partial charge in [-0.3, -0.25) is 4.90 Å². The Labute approximate surface area is 158 Å². The van der Waals surface area contributed by atoms with Gasteiger partial charge in [0.05, 0.1) is 0 Å². The molecule has 0 aliphatic carbocycles. The van der Waals surface area contributed by atoms with Gasteiger partial charge < -0.3 is 30.3 Å². The third kappa shape index (κ3) is 4.73. The molecule has 2 saturated heterocycles. The van der Waals surface area contributed by atoms with Crippen molar-refractivity contribution in [2.75, 3.05) is 26.2 Å². The van der Waals surface area contributed by atoms with Gasteiger partial charge in [0.2, 0.25) is 0 Å². The fraction of sp³-hybridized carbons (Fsp3) is 0.611. The summed E-state index contributed by atoms with van der Waals surface area (Å²) < 4.78 is 5.83. The molecule has 0 saturated carbocycles. The Balaban J connectivity index is 1.61. The Morgan fingerprint density at radius 2 is 2.15 bits per heavy atom. The van der Waals surface area contributed by atoms with Crippen molar-refractivity contribution in [1.29, 1.82) is 0 Å². The van der Waals surface area contributed by atoms with Gasteiger partial charge in [0.15, 0.2) is 0 Å². The molecule has 0 amide bonds. The lowest BCUT2D eigenvalue weighted by Gasteiger charge is -2.43. The Morgan fingerprint density at radius 1 is 1.41 bits per heavy atom. The Kier molecular flexibility index (Phi) is 5.95. The highest BCUT2D eigenvalue weighted by molar-refractivity contribution is 6.41. The number of carboxylic acids is 1. The SMILES string of the molecule is C[C@@]1(CN2CC(Oc3ccc(CCB(O)O)c(O)c3C(=O)O)C2)CCCN1. The van der Waals surface area contributed by atoms with Gasteiger partial charge in [0.1, 0.15) is 23.2 Å². The van der Waals surface area contributed by atoms with Crippen molar-refractivity contribution in [3.05, 3.63) is 23.3 Å². The predicted molar refractivity (Wildman–Crippen MR) is 100 cm³/mol. The maximum atomic E-state index is 11.6. The Morgan fingerprint density at radius 3 is 2.74 bits per heavy atom. The van der Waals surface area contributed by atoms with Crippen LogP contribution in [0, 0.1) is 0 Å². The van der Waals surface area contributed by atoms with E-state index in [1.54, 1.807) is 6.07 Å². The maximum absolute atomic E-state index is 11.6. The molecule has 1 aromatic rings. The number of phenols is 1. The normalized spacial score (nSPS) is 23.2. The minimum absolute atomic E-state index is 0.0111. The second-order valence-electron chi connectivity index (χ2n) is 7.80. The van der Waals surface area contributed by atoms with E-state index in [0.717, 1.165) is 32.6 Å². The van der Waals surface area contributed by atoms with Crippen molar-refractivity contribution in [2.24, 2.45) is 0 Å². The fourth-order valence-corrected chi connectivity index (χ4v) is 3.90. The van der Waals surface area contributed by atoms with Crippen LogP contribution in [0.1, 0.15) is 35.7 Å². The topological polar surface area (TPSA) is 122 Å². The molecule has 2 heterocycles. The van der Waals surface area contributed by atoms with Gasteiger partial charge in [-0.2, -0.15) is 0 Å². The molecule has 2 fully saturated rings. The van der Waals surface area contributed by atoms with Crippen LogP contribution in [-0.2, 0) is 6.42 Å². The third-order valence-corrected chi connectivity index (χ3v) is 5.36. The summed E-state index contributed by atoms with van der Waals surface area (Å²) >= 11 is 0. The van der Waals surface area contributed by atoms with Crippen LogP contribution in [0.4, 0.5) is 0 Å². The second kappa shape index (κ2) is 8.06. The number of ether oxygens (including phenoxy) is 1. The van der Waals surface area contributed by atoms with Crippen LogP contribution in [0.15, 0.2) is 12.1 Å². The van der Waals surface area contributed by atoms with E-state index in [9.17, 15) is 15.0 Å². The summed E-state index contributed by atoms with van der Waals surface area (Å²) in [6, 6.07) is 3.10. The van der Waals surface area contributed by atoms with Crippen molar-refractivity contribution >= 4 is 13.1 Å². The van der Waals surface area contributed by atoms with Gasteiger partial charge in [-0.25, -0.2) is 4.79 Å². The standard InChI is InChI=1S/C18H27BN2O6/c1-18(6-2-8-20-18)11-21-9-13(10-21)27-14-4-3-12(5-7-19(25)26)16(22)15(14)17(23)24/h3-4,13,20,22,25-26H,2,5-11H2,1H3,(H,23,24)/t18-/m0/s1. The number of rotatable bonds is 8. The fourth-order valence-electron chi connectivity index (χ4n) is 3.90. The maximum Gasteiger partial charge on any atom is 0.451 e. The molecular weight excluding hydrogens is 351 g/mol. The monoisotopic (exact) mass is 378 g/mol. The van der Waals surface area contributed by atoms with Gasteiger partial charge in [0, 0.05) is 25.2 Å². The molecule has 5 N–H and O–H groups in total. The first-order valence-electron chi connectivity index (χ1n) is 9.36. The quantitative estimate of drug-likeness (QED) is 0.410. The van der Waals surface area contributed by atoms with Gasteiger partial charge in [-0.15, -0.1) is 0 Å². The number of nitrogens with zero attached hydrogens (tertiary/aromatic N) is 1. The Bertz CT molecular complexity index is 687. The van der Waals surface area contributed by atoms with Crippen molar-refractivity contribution in [3.63, 3.8) is 0 Å². The molecule has 2 aliphatic rings. The molecule has 0 aromatic heterocycles. The first-order valence-corrected chi connectivity index (χ1v) is 9.36. The summed E-state index contributed by atoms with van der Waals surface area (Å²) in [6.45, 7) is 5.64. The highest BCUT2D eigenvalue weighted by atomic mass is 16.5. The highest BCUT2D eigenvalue weighted by Crippen LogP contribution is 2.34. The summed E-state index contributed by atoms with van der Waals surface area (Å²) in [5.74, 6) is -1.50. The summed E-state index contributed by atoms with van der Waals surface area (Å²) in [5, 5.41) is 41.2. The van der Waals surface area contributed by atoms with E-state index >= 15 is 0 Å².